The molecule has 0 radical (unpaired) electrons. The quantitative estimate of drug-likeness (QED) is 0.679. The van der Waals surface area contributed by atoms with E-state index in [0.29, 0.717) is 0 Å². The highest BCUT2D eigenvalue weighted by atomic mass is 16.4. The lowest BCUT2D eigenvalue weighted by molar-refractivity contribution is -0.139. The van der Waals surface area contributed by atoms with Crippen molar-refractivity contribution in [1.82, 2.24) is 10.6 Å². The molecule has 6 heteroatoms. The van der Waals surface area contributed by atoms with Gasteiger partial charge in [-0.15, -0.1) is 0 Å². The molecule has 1 aliphatic carbocycles. The molecular weight excluding hydrogens is 272 g/mol. The fraction of sp³-hybridized carbons (Fsp3) is 0.800. The zero-order valence-corrected chi connectivity index (χ0v) is 12.9. The van der Waals surface area contributed by atoms with E-state index in [2.05, 4.69) is 10.6 Å². The van der Waals surface area contributed by atoms with E-state index in [0.717, 1.165) is 25.7 Å². The van der Waals surface area contributed by atoms with Crippen LogP contribution in [0, 0.1) is 5.41 Å². The van der Waals surface area contributed by atoms with Crippen LogP contribution >= 0.6 is 0 Å². The van der Waals surface area contributed by atoms with Gasteiger partial charge in [-0.1, -0.05) is 39.5 Å². The van der Waals surface area contributed by atoms with Crippen LogP contribution in [0.1, 0.15) is 65.2 Å². The summed E-state index contributed by atoms with van der Waals surface area (Å²) in [6, 6.07) is -0.342. The molecule has 0 saturated heterocycles. The number of imide groups is 1. The average Bonchev–Trinajstić information content (AvgIpc) is 2.53. The predicted molar refractivity (Wildman–Crippen MR) is 78.8 cm³/mol. The minimum atomic E-state index is -0.948. The van der Waals surface area contributed by atoms with E-state index in [1.165, 1.54) is 12.8 Å². The summed E-state index contributed by atoms with van der Waals surface area (Å²) in [6.45, 7) is 3.40. The van der Waals surface area contributed by atoms with Crippen LogP contribution in [0.2, 0.25) is 0 Å². The zero-order valence-electron chi connectivity index (χ0n) is 12.9. The van der Waals surface area contributed by atoms with Crippen molar-refractivity contribution in [2.24, 2.45) is 5.41 Å². The number of nitrogens with one attached hydrogen (secondary N) is 2. The van der Waals surface area contributed by atoms with E-state index in [1.54, 1.807) is 13.8 Å². The minimum Gasteiger partial charge on any atom is -0.481 e. The number of carboxylic acid groups (broad SMARTS) is 1. The Morgan fingerprint density at radius 2 is 1.62 bits per heavy atom. The second kappa shape index (κ2) is 8.00. The van der Waals surface area contributed by atoms with Gasteiger partial charge in [0.25, 0.3) is 0 Å². The lowest BCUT2D eigenvalue weighted by atomic mass is 9.85. The number of amides is 3. The van der Waals surface area contributed by atoms with Gasteiger partial charge in [-0.2, -0.15) is 0 Å². The van der Waals surface area contributed by atoms with Crippen molar-refractivity contribution in [3.8, 4) is 0 Å². The Morgan fingerprint density at radius 3 is 2.14 bits per heavy atom. The van der Waals surface area contributed by atoms with Crippen LogP contribution in [-0.4, -0.2) is 29.1 Å². The van der Waals surface area contributed by atoms with Gasteiger partial charge in [-0.05, 0) is 18.3 Å². The summed E-state index contributed by atoms with van der Waals surface area (Å²) in [5.41, 5.74) is -0.668. The van der Waals surface area contributed by atoms with Gasteiger partial charge in [0.1, 0.15) is 0 Å². The summed E-state index contributed by atoms with van der Waals surface area (Å²) >= 11 is 0. The molecule has 1 saturated carbocycles. The Hall–Kier alpha value is -1.59. The third kappa shape index (κ3) is 7.68. The van der Waals surface area contributed by atoms with Gasteiger partial charge < -0.3 is 10.4 Å². The monoisotopic (exact) mass is 298 g/mol. The third-order valence-electron chi connectivity index (χ3n) is 3.71. The summed E-state index contributed by atoms with van der Waals surface area (Å²) in [7, 11) is 0. The number of hydrogen-bond donors (Lipinski definition) is 3. The van der Waals surface area contributed by atoms with Gasteiger partial charge in [0.05, 0.1) is 6.42 Å². The third-order valence-corrected chi connectivity index (χ3v) is 3.71. The van der Waals surface area contributed by atoms with Crippen LogP contribution in [0.3, 0.4) is 0 Å². The molecule has 0 bridgehead atoms. The van der Waals surface area contributed by atoms with E-state index in [-0.39, 0.29) is 18.9 Å². The van der Waals surface area contributed by atoms with Crippen LogP contribution in [0.4, 0.5) is 4.79 Å². The van der Waals surface area contributed by atoms with Crippen LogP contribution < -0.4 is 10.6 Å². The number of hydrogen-bond acceptors (Lipinski definition) is 3. The largest absolute Gasteiger partial charge is 0.481 e. The molecule has 1 fully saturated rings. The molecule has 0 heterocycles. The highest BCUT2D eigenvalue weighted by Crippen LogP contribution is 2.24. The number of carbonyl (C=O) groups is 3. The lowest BCUT2D eigenvalue weighted by Gasteiger charge is -2.22. The first kappa shape index (κ1) is 17.5. The molecule has 0 aromatic carbocycles. The fourth-order valence-corrected chi connectivity index (χ4v) is 2.72. The van der Waals surface area contributed by atoms with Crippen molar-refractivity contribution in [2.45, 2.75) is 71.3 Å². The molecule has 3 N–H and O–H groups in total. The van der Waals surface area contributed by atoms with Gasteiger partial charge in [-0.25, -0.2) is 4.79 Å². The molecule has 21 heavy (non-hydrogen) atoms. The van der Waals surface area contributed by atoms with Crippen LogP contribution in [0.5, 0.6) is 0 Å². The first-order valence-corrected chi connectivity index (χ1v) is 7.61. The second-order valence-electron chi connectivity index (χ2n) is 6.62. The van der Waals surface area contributed by atoms with E-state index in [9.17, 15) is 14.4 Å². The average molecular weight is 298 g/mol. The van der Waals surface area contributed by atoms with Gasteiger partial charge in [-0.3, -0.25) is 14.9 Å². The van der Waals surface area contributed by atoms with Crippen molar-refractivity contribution in [3.05, 3.63) is 0 Å². The minimum absolute atomic E-state index is 0.0113. The van der Waals surface area contributed by atoms with Gasteiger partial charge in [0.2, 0.25) is 5.91 Å². The molecule has 0 aromatic heterocycles. The maximum absolute atomic E-state index is 11.8. The predicted octanol–water partition coefficient (Wildman–Crippen LogP) is 2.43. The lowest BCUT2D eigenvalue weighted by Crippen LogP contribution is -2.45. The first-order chi connectivity index (χ1) is 9.78. The molecule has 1 rings (SSSR count). The Bertz CT molecular complexity index is 385. The molecule has 120 valence electrons. The first-order valence-electron chi connectivity index (χ1n) is 7.61. The van der Waals surface area contributed by atoms with Gasteiger partial charge in [0.15, 0.2) is 0 Å². The number of rotatable bonds is 5. The van der Waals surface area contributed by atoms with Crippen molar-refractivity contribution in [2.75, 3.05) is 0 Å². The molecule has 0 unspecified atom stereocenters. The number of aliphatic carboxylic acids is 1. The smallest absolute Gasteiger partial charge is 0.321 e. The van der Waals surface area contributed by atoms with Crippen molar-refractivity contribution in [1.29, 1.82) is 0 Å². The molecule has 6 nitrogen and oxygen atoms in total. The zero-order chi connectivity index (χ0) is 15.9. The normalized spacial score (nSPS) is 16.9. The maximum atomic E-state index is 11.8. The van der Waals surface area contributed by atoms with Crippen LogP contribution in [-0.2, 0) is 9.59 Å². The molecule has 0 aliphatic heterocycles. The Labute approximate surface area is 125 Å². The standard InChI is InChI=1S/C15H26N2O4/c1-15(2,10-13(19)20)9-12(18)17-14(21)16-11-7-5-3-4-6-8-11/h11H,3-10H2,1-2H3,(H,19,20)(H2,16,17,18,21). The summed E-state index contributed by atoms with van der Waals surface area (Å²) in [6.07, 6.45) is 6.40. The second-order valence-corrected chi connectivity index (χ2v) is 6.62. The number of carboxylic acids is 1. The number of carbonyl (C=O) groups excluding carboxylic acids is 2. The van der Waals surface area contributed by atoms with E-state index in [4.69, 9.17) is 5.11 Å². The Balaban J connectivity index is 2.36. The molecule has 0 spiro atoms. The fourth-order valence-electron chi connectivity index (χ4n) is 2.72. The Morgan fingerprint density at radius 1 is 1.05 bits per heavy atom. The Kier molecular flexibility index (Phi) is 6.65. The summed E-state index contributed by atoms with van der Waals surface area (Å²) < 4.78 is 0. The van der Waals surface area contributed by atoms with Crippen molar-refractivity contribution >= 4 is 17.9 Å². The van der Waals surface area contributed by atoms with Crippen LogP contribution in [0.25, 0.3) is 0 Å². The van der Waals surface area contributed by atoms with Crippen molar-refractivity contribution < 1.29 is 19.5 Å². The number of urea groups is 1. The van der Waals surface area contributed by atoms with E-state index >= 15 is 0 Å². The molecule has 1 aliphatic rings. The van der Waals surface area contributed by atoms with Crippen LogP contribution in [0.15, 0.2) is 0 Å². The van der Waals surface area contributed by atoms with Gasteiger partial charge in [0, 0.05) is 12.5 Å². The summed E-state index contributed by atoms with van der Waals surface area (Å²) in [4.78, 5) is 34.3. The SMILES string of the molecule is CC(C)(CC(=O)O)CC(=O)NC(=O)NC1CCCCCC1. The van der Waals surface area contributed by atoms with Gasteiger partial charge >= 0.3 is 12.0 Å². The maximum Gasteiger partial charge on any atom is 0.321 e. The highest BCUT2D eigenvalue weighted by Gasteiger charge is 2.26. The topological polar surface area (TPSA) is 95.5 Å². The van der Waals surface area contributed by atoms with E-state index < -0.39 is 23.3 Å². The molecular formula is C15H26N2O4. The highest BCUT2D eigenvalue weighted by molar-refractivity contribution is 5.94. The van der Waals surface area contributed by atoms with Crippen molar-refractivity contribution in [3.63, 3.8) is 0 Å². The molecule has 3 amide bonds. The summed E-state index contributed by atoms with van der Waals surface area (Å²) in [5.74, 6) is -1.39. The molecule has 0 atom stereocenters. The molecule has 0 aromatic rings. The van der Waals surface area contributed by atoms with E-state index in [1.807, 2.05) is 0 Å². The summed E-state index contributed by atoms with van der Waals surface area (Å²) in [5, 5.41) is 13.9.